The van der Waals surface area contributed by atoms with Gasteiger partial charge in [-0.15, -0.1) is 0 Å². The van der Waals surface area contributed by atoms with Crippen LogP contribution < -0.4 is 4.74 Å². The van der Waals surface area contributed by atoms with Gasteiger partial charge in [-0.3, -0.25) is 5.41 Å². The zero-order chi connectivity index (χ0) is 13.1. The summed E-state index contributed by atoms with van der Waals surface area (Å²) >= 11 is 5.80. The van der Waals surface area contributed by atoms with Crippen LogP contribution in [0.25, 0.3) is 0 Å². The maximum absolute atomic E-state index is 9.86. The summed E-state index contributed by atoms with van der Waals surface area (Å²) in [4.78, 5) is 0. The molecule has 2 aromatic rings. The molecule has 0 fully saturated rings. The number of phenols is 1. The normalized spacial score (nSPS) is 10.1. The van der Waals surface area contributed by atoms with Gasteiger partial charge in [0.25, 0.3) is 0 Å². The summed E-state index contributed by atoms with van der Waals surface area (Å²) in [5.41, 5.74) is 1.39. The van der Waals surface area contributed by atoms with E-state index in [1.165, 1.54) is 13.2 Å². The van der Waals surface area contributed by atoms with Gasteiger partial charge < -0.3 is 9.84 Å². The molecule has 2 rings (SSSR count). The Morgan fingerprint density at radius 1 is 1.17 bits per heavy atom. The lowest BCUT2D eigenvalue weighted by molar-refractivity contribution is 0.407. The number of nitrogens with one attached hydrogen (secondary N) is 1. The van der Waals surface area contributed by atoms with Gasteiger partial charge in [0.2, 0.25) is 0 Å². The molecule has 0 unspecified atom stereocenters. The third-order valence-electron chi connectivity index (χ3n) is 2.61. The van der Waals surface area contributed by atoms with Crippen molar-refractivity contribution in [2.75, 3.05) is 7.11 Å². The van der Waals surface area contributed by atoms with Crippen molar-refractivity contribution in [3.05, 3.63) is 58.6 Å². The first-order valence-electron chi connectivity index (χ1n) is 5.33. The highest BCUT2D eigenvalue weighted by Gasteiger charge is 2.10. The molecule has 18 heavy (non-hydrogen) atoms. The van der Waals surface area contributed by atoms with Gasteiger partial charge in [0.1, 0.15) is 11.5 Å². The van der Waals surface area contributed by atoms with E-state index >= 15 is 0 Å². The summed E-state index contributed by atoms with van der Waals surface area (Å²) in [6.07, 6.45) is 0. The van der Waals surface area contributed by atoms with Crippen LogP contribution in [0.3, 0.4) is 0 Å². The second kappa shape index (κ2) is 5.10. The lowest BCUT2D eigenvalue weighted by Crippen LogP contribution is -2.01. The first-order valence-corrected chi connectivity index (χ1v) is 5.71. The molecule has 0 spiro atoms. The molecule has 0 radical (unpaired) electrons. The smallest absolute Gasteiger partial charge is 0.128 e. The number of aromatic hydroxyl groups is 1. The molecule has 2 N–H and O–H groups in total. The molecular formula is C14H12ClNO2. The molecule has 0 aliphatic rings. The minimum Gasteiger partial charge on any atom is -0.507 e. The highest BCUT2D eigenvalue weighted by molar-refractivity contribution is 6.30. The zero-order valence-corrected chi connectivity index (χ0v) is 10.5. The molecule has 0 atom stereocenters. The molecule has 0 amide bonds. The Morgan fingerprint density at radius 3 is 2.39 bits per heavy atom. The summed E-state index contributed by atoms with van der Waals surface area (Å²) in [5.74, 6) is 0.578. The number of phenolic OH excluding ortho intramolecular Hbond substituents is 1. The Morgan fingerprint density at radius 2 is 1.83 bits per heavy atom. The van der Waals surface area contributed by atoms with E-state index in [1.54, 1.807) is 36.4 Å². The van der Waals surface area contributed by atoms with Gasteiger partial charge >= 0.3 is 0 Å². The van der Waals surface area contributed by atoms with Crippen molar-refractivity contribution in [1.29, 1.82) is 5.41 Å². The van der Waals surface area contributed by atoms with Crippen LogP contribution >= 0.6 is 11.6 Å². The molecule has 0 bridgehead atoms. The summed E-state index contributed by atoms with van der Waals surface area (Å²) in [5, 5.41) is 18.5. The van der Waals surface area contributed by atoms with Crippen LogP contribution in [0, 0.1) is 5.41 Å². The number of ether oxygens (including phenoxy) is 1. The maximum atomic E-state index is 9.86. The van der Waals surface area contributed by atoms with Gasteiger partial charge in [0.05, 0.1) is 12.8 Å². The highest BCUT2D eigenvalue weighted by Crippen LogP contribution is 2.25. The van der Waals surface area contributed by atoms with E-state index in [2.05, 4.69) is 0 Å². The number of halogens is 1. The fourth-order valence-corrected chi connectivity index (χ4v) is 1.75. The van der Waals surface area contributed by atoms with Gasteiger partial charge in [0.15, 0.2) is 0 Å². The largest absolute Gasteiger partial charge is 0.507 e. The molecule has 2 aromatic carbocycles. The third-order valence-corrected chi connectivity index (χ3v) is 2.86. The lowest BCUT2D eigenvalue weighted by Gasteiger charge is -2.08. The standard InChI is InChI=1S/C14H12ClNO2/c1-18-11-6-7-12(13(17)8-11)14(16)9-2-4-10(15)5-3-9/h2-8,16-17H,1H3. The summed E-state index contributed by atoms with van der Waals surface area (Å²) in [6, 6.07) is 11.8. The molecule has 0 saturated carbocycles. The Kier molecular flexibility index (Phi) is 3.53. The van der Waals surface area contributed by atoms with Crippen LogP contribution in [-0.2, 0) is 0 Å². The number of benzene rings is 2. The summed E-state index contributed by atoms with van der Waals surface area (Å²) in [7, 11) is 1.53. The van der Waals surface area contributed by atoms with Crippen molar-refractivity contribution < 1.29 is 9.84 Å². The molecule has 0 aromatic heterocycles. The molecule has 0 aliphatic heterocycles. The Bertz CT molecular complexity index is 579. The molecule has 0 saturated heterocycles. The Labute approximate surface area is 110 Å². The molecular weight excluding hydrogens is 250 g/mol. The molecule has 92 valence electrons. The van der Waals surface area contributed by atoms with Crippen LogP contribution in [0.15, 0.2) is 42.5 Å². The minimum atomic E-state index is 0.0225. The first-order chi connectivity index (χ1) is 8.61. The third kappa shape index (κ3) is 2.46. The van der Waals surface area contributed by atoms with Gasteiger partial charge in [-0.25, -0.2) is 0 Å². The SMILES string of the molecule is COc1ccc(C(=N)c2ccc(Cl)cc2)c(O)c1. The summed E-state index contributed by atoms with van der Waals surface area (Å²) in [6.45, 7) is 0. The van der Waals surface area contributed by atoms with Crippen LogP contribution in [0.5, 0.6) is 11.5 Å². The Hall–Kier alpha value is -2.00. The van der Waals surface area contributed by atoms with E-state index in [0.29, 0.717) is 21.9 Å². The fraction of sp³-hybridized carbons (Fsp3) is 0.0714. The zero-order valence-electron chi connectivity index (χ0n) is 9.77. The van der Waals surface area contributed by atoms with E-state index in [4.69, 9.17) is 21.7 Å². The van der Waals surface area contributed by atoms with Crippen molar-refractivity contribution >= 4 is 17.3 Å². The maximum Gasteiger partial charge on any atom is 0.128 e. The van der Waals surface area contributed by atoms with Crippen molar-refractivity contribution in [2.45, 2.75) is 0 Å². The van der Waals surface area contributed by atoms with Crippen molar-refractivity contribution in [3.8, 4) is 11.5 Å². The number of hydrogen-bond acceptors (Lipinski definition) is 3. The van der Waals surface area contributed by atoms with Gasteiger partial charge in [-0.2, -0.15) is 0 Å². The highest BCUT2D eigenvalue weighted by atomic mass is 35.5. The number of methoxy groups -OCH3 is 1. The number of hydrogen-bond donors (Lipinski definition) is 2. The first kappa shape index (κ1) is 12.5. The van der Waals surface area contributed by atoms with E-state index in [0.717, 1.165) is 0 Å². The van der Waals surface area contributed by atoms with E-state index < -0.39 is 0 Å². The molecule has 4 heteroatoms. The van der Waals surface area contributed by atoms with E-state index in [-0.39, 0.29) is 11.5 Å². The number of rotatable bonds is 3. The van der Waals surface area contributed by atoms with E-state index in [9.17, 15) is 5.11 Å². The van der Waals surface area contributed by atoms with Gasteiger partial charge in [0, 0.05) is 22.2 Å². The quantitative estimate of drug-likeness (QED) is 0.831. The monoisotopic (exact) mass is 261 g/mol. The van der Waals surface area contributed by atoms with Gasteiger partial charge in [-0.1, -0.05) is 23.7 Å². The predicted octanol–water partition coefficient (Wildman–Crippen LogP) is 3.47. The van der Waals surface area contributed by atoms with Crippen LogP contribution in [0.2, 0.25) is 5.02 Å². The second-order valence-corrected chi connectivity index (χ2v) is 4.20. The molecule has 0 aliphatic carbocycles. The van der Waals surface area contributed by atoms with Crippen LogP contribution in [0.4, 0.5) is 0 Å². The van der Waals surface area contributed by atoms with Crippen LogP contribution in [0.1, 0.15) is 11.1 Å². The van der Waals surface area contributed by atoms with Crippen molar-refractivity contribution in [3.63, 3.8) is 0 Å². The lowest BCUT2D eigenvalue weighted by atomic mass is 10.0. The average molecular weight is 262 g/mol. The molecule has 3 nitrogen and oxygen atoms in total. The average Bonchev–Trinajstić information content (AvgIpc) is 2.38. The second-order valence-electron chi connectivity index (χ2n) is 3.76. The predicted molar refractivity (Wildman–Crippen MR) is 72.0 cm³/mol. The topological polar surface area (TPSA) is 53.3 Å². The fourth-order valence-electron chi connectivity index (χ4n) is 1.62. The van der Waals surface area contributed by atoms with Gasteiger partial charge in [-0.05, 0) is 24.3 Å². The molecule has 0 heterocycles. The van der Waals surface area contributed by atoms with E-state index in [1.807, 2.05) is 0 Å². The summed E-state index contributed by atoms with van der Waals surface area (Å²) < 4.78 is 5.00. The van der Waals surface area contributed by atoms with Crippen molar-refractivity contribution in [1.82, 2.24) is 0 Å². The van der Waals surface area contributed by atoms with Crippen molar-refractivity contribution in [2.24, 2.45) is 0 Å². The van der Waals surface area contributed by atoms with Crippen LogP contribution in [-0.4, -0.2) is 17.9 Å². The Balaban J connectivity index is 2.37. The minimum absolute atomic E-state index is 0.0225.